The van der Waals surface area contributed by atoms with Crippen molar-refractivity contribution in [1.29, 1.82) is 5.26 Å². The largest absolute Gasteiger partial charge is 0.334 e. The molecule has 2 saturated carbocycles. The van der Waals surface area contributed by atoms with Crippen molar-refractivity contribution in [3.8, 4) is 17.5 Å². The van der Waals surface area contributed by atoms with Crippen LogP contribution in [0.15, 0.2) is 59.1 Å². The molecule has 5 rings (SSSR count). The van der Waals surface area contributed by atoms with Crippen LogP contribution in [0, 0.1) is 11.3 Å². The molecule has 1 N–H and O–H groups in total. The first-order chi connectivity index (χ1) is 13.8. The van der Waals surface area contributed by atoms with E-state index in [2.05, 4.69) is 51.9 Å². The van der Waals surface area contributed by atoms with Gasteiger partial charge in [0.25, 0.3) is 5.89 Å². The van der Waals surface area contributed by atoms with E-state index in [-0.39, 0.29) is 5.41 Å². The number of benzene rings is 2. The monoisotopic (exact) mass is 370 g/mol. The summed E-state index contributed by atoms with van der Waals surface area (Å²) in [6.07, 6.45) is 4.52. The van der Waals surface area contributed by atoms with E-state index in [1.54, 1.807) is 6.07 Å². The summed E-state index contributed by atoms with van der Waals surface area (Å²) in [6.45, 7) is 0.875. The number of nitrogens with one attached hydrogen (secondary N) is 1. The van der Waals surface area contributed by atoms with Gasteiger partial charge in [-0.15, -0.1) is 0 Å². The van der Waals surface area contributed by atoms with Gasteiger partial charge < -0.3 is 9.84 Å². The molecule has 0 spiro atoms. The van der Waals surface area contributed by atoms with Gasteiger partial charge in [-0.1, -0.05) is 54.0 Å². The second kappa shape index (κ2) is 6.88. The average Bonchev–Trinajstić information content (AvgIpc) is 3.33. The highest BCUT2D eigenvalue weighted by Crippen LogP contribution is 2.45. The summed E-state index contributed by atoms with van der Waals surface area (Å²) in [4.78, 5) is 4.69. The van der Waals surface area contributed by atoms with Crippen LogP contribution in [0.2, 0.25) is 0 Å². The van der Waals surface area contributed by atoms with E-state index in [0.29, 0.717) is 29.0 Å². The van der Waals surface area contributed by atoms with E-state index in [1.165, 1.54) is 18.4 Å². The zero-order valence-corrected chi connectivity index (χ0v) is 15.6. The Labute approximate surface area is 164 Å². The lowest BCUT2D eigenvalue weighted by Crippen LogP contribution is -2.45. The van der Waals surface area contributed by atoms with Gasteiger partial charge in [-0.25, -0.2) is 0 Å². The van der Waals surface area contributed by atoms with E-state index in [9.17, 15) is 5.26 Å². The summed E-state index contributed by atoms with van der Waals surface area (Å²) in [7, 11) is 0. The van der Waals surface area contributed by atoms with E-state index < -0.39 is 0 Å². The Morgan fingerprint density at radius 2 is 1.89 bits per heavy atom. The Bertz CT molecular complexity index is 1020. The molecular weight excluding hydrogens is 348 g/mol. The van der Waals surface area contributed by atoms with Crippen LogP contribution in [0.25, 0.3) is 11.5 Å². The number of nitriles is 1. The first kappa shape index (κ1) is 17.2. The minimum Gasteiger partial charge on any atom is -0.334 e. The smallest absolute Gasteiger partial charge is 0.259 e. The SMILES string of the molecule is N#Cc1ccccc1-c1nc(C2(CN[C@H]3CC3c3ccccc3)CCC2)no1. The predicted molar refractivity (Wildman–Crippen MR) is 106 cm³/mol. The minimum absolute atomic E-state index is 0.0484. The first-order valence-corrected chi connectivity index (χ1v) is 9.91. The second-order valence-electron chi connectivity index (χ2n) is 7.95. The van der Waals surface area contributed by atoms with E-state index in [1.807, 2.05) is 18.2 Å². The number of hydrogen-bond donors (Lipinski definition) is 1. The molecule has 0 bridgehead atoms. The Morgan fingerprint density at radius 3 is 2.64 bits per heavy atom. The van der Waals surface area contributed by atoms with Gasteiger partial charge in [0.1, 0.15) is 0 Å². The van der Waals surface area contributed by atoms with Crippen LogP contribution in [-0.4, -0.2) is 22.7 Å². The fourth-order valence-corrected chi connectivity index (χ4v) is 4.21. The molecule has 0 amide bonds. The number of hydrogen-bond acceptors (Lipinski definition) is 5. The van der Waals surface area contributed by atoms with E-state index >= 15 is 0 Å². The molecule has 140 valence electrons. The molecule has 5 heteroatoms. The van der Waals surface area contributed by atoms with Crippen LogP contribution >= 0.6 is 0 Å². The third-order valence-electron chi connectivity index (χ3n) is 6.21. The van der Waals surface area contributed by atoms with Crippen LogP contribution in [0.4, 0.5) is 0 Å². The summed E-state index contributed by atoms with van der Waals surface area (Å²) < 4.78 is 5.55. The van der Waals surface area contributed by atoms with Gasteiger partial charge in [0.05, 0.1) is 17.2 Å². The van der Waals surface area contributed by atoms with Crippen LogP contribution in [-0.2, 0) is 5.41 Å². The zero-order chi connectivity index (χ0) is 19.0. The molecule has 0 radical (unpaired) electrons. The van der Waals surface area contributed by atoms with Gasteiger partial charge >= 0.3 is 0 Å². The van der Waals surface area contributed by atoms with Gasteiger partial charge in [-0.2, -0.15) is 10.2 Å². The van der Waals surface area contributed by atoms with Crippen molar-refractivity contribution >= 4 is 0 Å². The van der Waals surface area contributed by atoms with Crippen LogP contribution in [0.5, 0.6) is 0 Å². The molecule has 2 atom stereocenters. The van der Waals surface area contributed by atoms with Gasteiger partial charge in [0, 0.05) is 23.9 Å². The molecule has 2 fully saturated rings. The van der Waals surface area contributed by atoms with E-state index in [4.69, 9.17) is 4.52 Å². The number of nitrogens with zero attached hydrogens (tertiary/aromatic N) is 3. The van der Waals surface area contributed by atoms with Gasteiger partial charge in [0.2, 0.25) is 0 Å². The van der Waals surface area contributed by atoms with Crippen LogP contribution < -0.4 is 5.32 Å². The lowest BCUT2D eigenvalue weighted by atomic mass is 9.68. The van der Waals surface area contributed by atoms with Gasteiger partial charge in [0.15, 0.2) is 5.82 Å². The highest BCUT2D eigenvalue weighted by Gasteiger charge is 2.46. The predicted octanol–water partition coefficient (Wildman–Crippen LogP) is 4.18. The fourth-order valence-electron chi connectivity index (χ4n) is 4.21. The van der Waals surface area contributed by atoms with E-state index in [0.717, 1.165) is 25.2 Å². The third kappa shape index (κ3) is 3.00. The Morgan fingerprint density at radius 1 is 1.11 bits per heavy atom. The highest BCUT2D eigenvalue weighted by atomic mass is 16.5. The van der Waals surface area contributed by atoms with Crippen molar-refractivity contribution < 1.29 is 4.52 Å². The summed E-state index contributed by atoms with van der Waals surface area (Å²) >= 11 is 0. The van der Waals surface area contributed by atoms with Crippen molar-refractivity contribution in [3.05, 3.63) is 71.5 Å². The molecular formula is C23H22N4O. The lowest BCUT2D eigenvalue weighted by Gasteiger charge is -2.39. The molecule has 0 saturated heterocycles. The Balaban J connectivity index is 1.30. The summed E-state index contributed by atoms with van der Waals surface area (Å²) in [6, 6.07) is 20.8. The standard InChI is InChI=1S/C23H22N4O/c24-14-17-9-4-5-10-18(17)21-26-22(27-28-21)23(11-6-12-23)15-25-20-13-19(20)16-7-2-1-3-8-16/h1-5,7-10,19-20,25H,6,11-13,15H2/t19?,20-/m0/s1. The van der Waals surface area contributed by atoms with Crippen molar-refractivity contribution in [3.63, 3.8) is 0 Å². The number of aromatic nitrogens is 2. The summed E-state index contributed by atoms with van der Waals surface area (Å²) in [5, 5.41) is 17.4. The van der Waals surface area contributed by atoms with Crippen LogP contribution in [0.1, 0.15) is 48.6 Å². The lowest BCUT2D eigenvalue weighted by molar-refractivity contribution is 0.211. The molecule has 2 aromatic carbocycles. The summed E-state index contributed by atoms with van der Waals surface area (Å²) in [5.41, 5.74) is 2.63. The maximum atomic E-state index is 9.32. The van der Waals surface area contributed by atoms with Crippen molar-refractivity contribution in [2.75, 3.05) is 6.54 Å². The van der Waals surface area contributed by atoms with Crippen molar-refractivity contribution in [1.82, 2.24) is 15.5 Å². The minimum atomic E-state index is -0.0484. The van der Waals surface area contributed by atoms with Gasteiger partial charge in [-0.3, -0.25) is 0 Å². The van der Waals surface area contributed by atoms with Crippen molar-refractivity contribution in [2.45, 2.75) is 43.1 Å². The molecule has 5 nitrogen and oxygen atoms in total. The zero-order valence-electron chi connectivity index (χ0n) is 15.6. The Hall–Kier alpha value is -2.97. The molecule has 2 aliphatic rings. The molecule has 0 aliphatic heterocycles. The quantitative estimate of drug-likeness (QED) is 0.705. The second-order valence-corrected chi connectivity index (χ2v) is 7.95. The molecule has 1 unspecified atom stereocenters. The van der Waals surface area contributed by atoms with Crippen LogP contribution in [0.3, 0.4) is 0 Å². The molecule has 1 aromatic heterocycles. The van der Waals surface area contributed by atoms with Gasteiger partial charge in [-0.05, 0) is 37.0 Å². The summed E-state index contributed by atoms with van der Waals surface area (Å²) in [5.74, 6) is 1.82. The maximum Gasteiger partial charge on any atom is 0.259 e. The Kier molecular flexibility index (Phi) is 4.22. The normalized spacial score (nSPS) is 22.2. The highest BCUT2D eigenvalue weighted by molar-refractivity contribution is 5.62. The van der Waals surface area contributed by atoms with Crippen molar-refractivity contribution in [2.24, 2.45) is 0 Å². The average molecular weight is 370 g/mol. The number of rotatable bonds is 6. The maximum absolute atomic E-state index is 9.32. The topological polar surface area (TPSA) is 74.7 Å². The third-order valence-corrected chi connectivity index (χ3v) is 6.21. The molecule has 3 aromatic rings. The molecule has 28 heavy (non-hydrogen) atoms. The molecule has 1 heterocycles. The fraction of sp³-hybridized carbons (Fsp3) is 0.348. The first-order valence-electron chi connectivity index (χ1n) is 9.91. The molecule has 2 aliphatic carbocycles.